The summed E-state index contributed by atoms with van der Waals surface area (Å²) in [6.07, 6.45) is 5.81. The van der Waals surface area contributed by atoms with Gasteiger partial charge in [-0.3, -0.25) is 14.5 Å². The number of rotatable bonds is 6. The van der Waals surface area contributed by atoms with E-state index in [1.54, 1.807) is 4.90 Å². The van der Waals surface area contributed by atoms with Crippen LogP contribution in [0.15, 0.2) is 0 Å². The summed E-state index contributed by atoms with van der Waals surface area (Å²) in [5.41, 5.74) is 0. The Morgan fingerprint density at radius 1 is 1.08 bits per heavy atom. The van der Waals surface area contributed by atoms with Gasteiger partial charge in [0.05, 0.1) is 0 Å². The predicted octanol–water partition coefficient (Wildman–Crippen LogP) is 0.846. The van der Waals surface area contributed by atoms with Crippen LogP contribution in [-0.4, -0.2) is 72.2 Å². The highest BCUT2D eigenvalue weighted by Crippen LogP contribution is 2.33. The first-order valence-corrected chi connectivity index (χ1v) is 10.4. The average Bonchev–Trinajstić information content (AvgIpc) is 3.41. The van der Waals surface area contributed by atoms with Crippen molar-refractivity contribution in [2.75, 3.05) is 49.1 Å². The Morgan fingerprint density at radius 2 is 1.88 bits per heavy atom. The van der Waals surface area contributed by atoms with Gasteiger partial charge in [0.2, 0.25) is 22.1 Å². The average molecular weight is 379 g/mol. The molecule has 26 heavy (non-hydrogen) atoms. The minimum Gasteiger partial charge on any atom is -0.353 e. The van der Waals surface area contributed by atoms with Gasteiger partial charge in [0, 0.05) is 32.6 Å². The molecule has 1 aromatic heterocycles. The lowest BCUT2D eigenvalue weighted by atomic mass is 10.2. The topological polar surface area (TPSA) is 81.7 Å². The minimum atomic E-state index is -0.177. The second kappa shape index (κ2) is 7.87. The van der Waals surface area contributed by atoms with Crippen LogP contribution in [0.4, 0.5) is 10.3 Å². The van der Waals surface area contributed by atoms with Crippen LogP contribution < -0.4 is 15.1 Å². The molecule has 3 fully saturated rings. The molecule has 0 bridgehead atoms. The number of aromatic nitrogens is 2. The maximum atomic E-state index is 12.6. The molecule has 0 radical (unpaired) electrons. The fraction of sp³-hybridized carbons (Fsp3) is 0.765. The zero-order valence-electron chi connectivity index (χ0n) is 15.0. The molecule has 4 heterocycles. The number of nitrogens with one attached hydrogen (secondary N) is 1. The van der Waals surface area contributed by atoms with E-state index in [-0.39, 0.29) is 17.9 Å². The fourth-order valence-electron chi connectivity index (χ4n) is 4.01. The quantitative estimate of drug-likeness (QED) is 0.790. The third-order valence-corrected chi connectivity index (χ3v) is 6.42. The molecular weight excluding hydrogens is 352 g/mol. The predicted molar refractivity (Wildman–Crippen MR) is 101 cm³/mol. The Bertz CT molecular complexity index is 659. The van der Waals surface area contributed by atoms with Crippen LogP contribution in [0.2, 0.25) is 0 Å². The number of likely N-dealkylation sites (tertiary alicyclic amines) is 1. The third kappa shape index (κ3) is 3.68. The maximum Gasteiger partial charge on any atom is 0.242 e. The van der Waals surface area contributed by atoms with Crippen LogP contribution in [0, 0.1) is 0 Å². The number of hydrogen-bond donors (Lipinski definition) is 1. The molecule has 142 valence electrons. The van der Waals surface area contributed by atoms with Crippen molar-refractivity contribution in [2.24, 2.45) is 0 Å². The first-order chi connectivity index (χ1) is 12.7. The van der Waals surface area contributed by atoms with E-state index in [0.717, 1.165) is 50.6 Å². The molecule has 0 aromatic carbocycles. The lowest BCUT2D eigenvalue weighted by molar-refractivity contribution is -0.122. The highest BCUT2D eigenvalue weighted by atomic mass is 32.1. The molecule has 2 amide bonds. The molecule has 1 aromatic rings. The van der Waals surface area contributed by atoms with Crippen LogP contribution in [0.25, 0.3) is 0 Å². The first-order valence-electron chi connectivity index (χ1n) is 9.63. The minimum absolute atomic E-state index is 0.0793. The second-order valence-electron chi connectivity index (χ2n) is 7.21. The lowest BCUT2D eigenvalue weighted by Gasteiger charge is -2.23. The summed E-state index contributed by atoms with van der Waals surface area (Å²) >= 11 is 1.42. The van der Waals surface area contributed by atoms with E-state index in [2.05, 4.69) is 20.4 Å². The summed E-state index contributed by atoms with van der Waals surface area (Å²) in [4.78, 5) is 30.7. The highest BCUT2D eigenvalue weighted by Gasteiger charge is 2.34. The molecule has 1 unspecified atom stereocenters. The Labute approximate surface area is 157 Å². The van der Waals surface area contributed by atoms with Crippen molar-refractivity contribution in [1.82, 2.24) is 20.4 Å². The van der Waals surface area contributed by atoms with Gasteiger partial charge < -0.3 is 15.1 Å². The Kier molecular flexibility index (Phi) is 5.35. The van der Waals surface area contributed by atoms with E-state index in [9.17, 15) is 9.59 Å². The summed E-state index contributed by atoms with van der Waals surface area (Å²) in [7, 11) is 0. The number of anilines is 2. The second-order valence-corrected chi connectivity index (χ2v) is 8.14. The molecule has 3 aliphatic heterocycles. The first kappa shape index (κ1) is 17.7. The van der Waals surface area contributed by atoms with Crippen molar-refractivity contribution in [3.05, 3.63) is 0 Å². The monoisotopic (exact) mass is 378 g/mol. The van der Waals surface area contributed by atoms with Crippen LogP contribution in [0.1, 0.15) is 38.5 Å². The van der Waals surface area contributed by atoms with E-state index in [1.165, 1.54) is 24.2 Å². The Morgan fingerprint density at radius 3 is 2.65 bits per heavy atom. The smallest absolute Gasteiger partial charge is 0.242 e. The third-order valence-electron chi connectivity index (χ3n) is 5.44. The van der Waals surface area contributed by atoms with Crippen molar-refractivity contribution in [2.45, 2.75) is 44.6 Å². The Balaban J connectivity index is 1.34. The number of hydrogen-bond acceptors (Lipinski definition) is 7. The van der Waals surface area contributed by atoms with Crippen LogP contribution in [0.3, 0.4) is 0 Å². The summed E-state index contributed by atoms with van der Waals surface area (Å²) in [6, 6.07) is -0.177. The summed E-state index contributed by atoms with van der Waals surface area (Å²) in [5, 5.41) is 13.0. The van der Waals surface area contributed by atoms with Gasteiger partial charge in [-0.1, -0.05) is 11.3 Å². The van der Waals surface area contributed by atoms with Crippen LogP contribution in [-0.2, 0) is 9.59 Å². The van der Waals surface area contributed by atoms with Crippen molar-refractivity contribution in [3.63, 3.8) is 0 Å². The van der Waals surface area contributed by atoms with E-state index >= 15 is 0 Å². The van der Waals surface area contributed by atoms with Gasteiger partial charge in [0.15, 0.2) is 0 Å². The normalized spacial score (nSPS) is 24.0. The summed E-state index contributed by atoms with van der Waals surface area (Å²) < 4.78 is 0. The van der Waals surface area contributed by atoms with E-state index in [4.69, 9.17) is 0 Å². The van der Waals surface area contributed by atoms with Gasteiger partial charge in [-0.15, -0.1) is 10.2 Å². The number of nitrogens with zero attached hydrogens (tertiary/aromatic N) is 5. The largest absolute Gasteiger partial charge is 0.353 e. The number of carbonyl (C=O) groups is 2. The van der Waals surface area contributed by atoms with Gasteiger partial charge in [-0.2, -0.15) is 0 Å². The van der Waals surface area contributed by atoms with E-state index < -0.39 is 0 Å². The van der Waals surface area contributed by atoms with Gasteiger partial charge in [0.1, 0.15) is 6.04 Å². The van der Waals surface area contributed by atoms with Gasteiger partial charge in [-0.25, -0.2) is 0 Å². The van der Waals surface area contributed by atoms with Gasteiger partial charge >= 0.3 is 0 Å². The van der Waals surface area contributed by atoms with Crippen LogP contribution >= 0.6 is 11.3 Å². The van der Waals surface area contributed by atoms with Crippen molar-refractivity contribution in [3.8, 4) is 0 Å². The molecule has 3 saturated heterocycles. The zero-order chi connectivity index (χ0) is 17.9. The molecule has 3 aliphatic rings. The molecule has 0 saturated carbocycles. The molecule has 9 heteroatoms. The summed E-state index contributed by atoms with van der Waals surface area (Å²) in [6.45, 7) is 5.45. The molecule has 4 rings (SSSR count). The fourth-order valence-corrected chi connectivity index (χ4v) is 4.98. The maximum absolute atomic E-state index is 12.6. The van der Waals surface area contributed by atoms with Crippen molar-refractivity contribution >= 4 is 33.4 Å². The Hall–Kier alpha value is -1.74. The van der Waals surface area contributed by atoms with Gasteiger partial charge in [-0.05, 0) is 45.2 Å². The van der Waals surface area contributed by atoms with E-state index in [1.807, 2.05) is 4.90 Å². The van der Waals surface area contributed by atoms with Crippen molar-refractivity contribution < 1.29 is 9.59 Å². The van der Waals surface area contributed by atoms with Crippen molar-refractivity contribution in [1.29, 1.82) is 0 Å². The summed E-state index contributed by atoms with van der Waals surface area (Å²) in [5.74, 6) is 0.195. The van der Waals surface area contributed by atoms with Crippen LogP contribution in [0.5, 0.6) is 0 Å². The van der Waals surface area contributed by atoms with Gasteiger partial charge in [0.25, 0.3) is 0 Å². The SMILES string of the molecule is O=C(NCCN1CCCC1)C1CCCN1c1nnc(N2CCCC2=O)s1. The highest BCUT2D eigenvalue weighted by molar-refractivity contribution is 7.19. The molecule has 0 aliphatic carbocycles. The molecular formula is C17H26N6O2S. The molecule has 0 spiro atoms. The number of amides is 2. The zero-order valence-corrected chi connectivity index (χ0v) is 15.8. The van der Waals surface area contributed by atoms with E-state index in [0.29, 0.717) is 24.6 Å². The number of carbonyl (C=O) groups excluding carboxylic acids is 2. The molecule has 1 atom stereocenters. The molecule has 1 N–H and O–H groups in total. The lowest BCUT2D eigenvalue weighted by Crippen LogP contribution is -2.45. The standard InChI is InChI=1S/C17H26N6O2S/c24-14-6-4-11-23(14)17-20-19-16(26-17)22-10-3-5-13(22)15(25)18-7-12-21-8-1-2-9-21/h13H,1-12H2,(H,18,25). The molecule has 8 nitrogen and oxygen atoms in total.